The van der Waals surface area contributed by atoms with Gasteiger partial charge in [0.2, 0.25) is 11.4 Å². The van der Waals surface area contributed by atoms with Crippen LogP contribution >= 0.6 is 0 Å². The number of nitrogens with zero attached hydrogens (tertiary/aromatic N) is 2. The number of carbonyl (C=O) groups excluding carboxylic acids is 1. The third-order valence-electron chi connectivity index (χ3n) is 8.03. The van der Waals surface area contributed by atoms with Crippen molar-refractivity contribution in [1.82, 2.24) is 4.90 Å². The lowest BCUT2D eigenvalue weighted by Crippen LogP contribution is -2.48. The van der Waals surface area contributed by atoms with Crippen LogP contribution in [-0.4, -0.2) is 40.9 Å². The minimum Gasteiger partial charge on any atom is -0.366 e. The number of likely N-dealkylation sites (tertiary alicyclic amines) is 1. The molecule has 4 rings (SSSR count). The predicted molar refractivity (Wildman–Crippen MR) is 125 cm³/mol. The van der Waals surface area contributed by atoms with Crippen molar-refractivity contribution in [2.75, 3.05) is 19.6 Å². The lowest BCUT2D eigenvalue weighted by molar-refractivity contribution is -0.569. The summed E-state index contributed by atoms with van der Waals surface area (Å²) < 4.78 is 0. The highest BCUT2D eigenvalue weighted by atomic mass is 16.6. The third-order valence-corrected chi connectivity index (χ3v) is 8.03. The van der Waals surface area contributed by atoms with Gasteiger partial charge in [-0.2, -0.15) is 0 Å². The normalized spacial score (nSPS) is 24.8. The summed E-state index contributed by atoms with van der Waals surface area (Å²) in [5, 5.41) is 12.0. The predicted octanol–water partition coefficient (Wildman–Crippen LogP) is 3.98. The molecule has 6 nitrogen and oxygen atoms in total. The van der Waals surface area contributed by atoms with E-state index in [2.05, 4.69) is 24.8 Å². The van der Waals surface area contributed by atoms with Crippen LogP contribution in [0.1, 0.15) is 60.2 Å². The van der Waals surface area contributed by atoms with E-state index >= 15 is 0 Å². The highest BCUT2D eigenvalue weighted by Crippen LogP contribution is 2.40. The number of piperidine rings is 1. The van der Waals surface area contributed by atoms with E-state index in [0.29, 0.717) is 30.7 Å². The maximum Gasteiger partial charge on any atom is 0.248 e. The first-order chi connectivity index (χ1) is 15.2. The Morgan fingerprint density at radius 1 is 1.19 bits per heavy atom. The maximum atomic E-state index is 12.0. The summed E-state index contributed by atoms with van der Waals surface area (Å²) in [7, 11) is 0. The summed E-state index contributed by atoms with van der Waals surface area (Å²) >= 11 is 0. The standard InChI is InChI=1S/C26H33N3O3/c1-19-18-28(14-12-25(19,2)23-10-5-9-20(15-23)24(27)30)13-6-11-26(29(31)32)16-21-7-3-4-8-22(21)17-26/h3-5,7-10,15,19H,6,11-14,16-18H2,1-2H3,(H2,27,30)/t19-,25+/m0/s1. The smallest absolute Gasteiger partial charge is 0.248 e. The van der Waals surface area contributed by atoms with Gasteiger partial charge in [0.25, 0.3) is 0 Å². The Kier molecular flexibility index (Phi) is 6.08. The van der Waals surface area contributed by atoms with Gasteiger partial charge in [0, 0.05) is 36.3 Å². The number of primary amides is 1. The Morgan fingerprint density at radius 2 is 1.88 bits per heavy atom. The molecule has 0 saturated carbocycles. The molecular formula is C26H33N3O3. The molecule has 2 atom stereocenters. The molecule has 2 aromatic rings. The van der Waals surface area contributed by atoms with Crippen molar-refractivity contribution in [3.05, 3.63) is 80.9 Å². The van der Waals surface area contributed by atoms with Crippen LogP contribution < -0.4 is 5.73 Å². The second-order valence-electron chi connectivity index (χ2n) is 10.0. The van der Waals surface area contributed by atoms with Gasteiger partial charge >= 0.3 is 0 Å². The topological polar surface area (TPSA) is 89.5 Å². The first-order valence-electron chi connectivity index (χ1n) is 11.6. The molecule has 0 radical (unpaired) electrons. The van der Waals surface area contributed by atoms with Gasteiger partial charge < -0.3 is 10.6 Å². The summed E-state index contributed by atoms with van der Waals surface area (Å²) in [6.45, 7) is 7.31. The number of rotatable bonds is 7. The molecule has 2 aromatic carbocycles. The maximum absolute atomic E-state index is 12.0. The molecule has 1 aliphatic heterocycles. The Hall–Kier alpha value is -2.73. The lowest BCUT2D eigenvalue weighted by atomic mass is 9.67. The fourth-order valence-electron chi connectivity index (χ4n) is 5.68. The Morgan fingerprint density at radius 3 is 2.47 bits per heavy atom. The minimum atomic E-state index is -0.852. The van der Waals surface area contributed by atoms with Crippen molar-refractivity contribution in [3.8, 4) is 0 Å². The average molecular weight is 436 g/mol. The van der Waals surface area contributed by atoms with Crippen molar-refractivity contribution >= 4 is 5.91 Å². The van der Waals surface area contributed by atoms with E-state index in [1.54, 1.807) is 6.07 Å². The number of nitrogens with two attached hydrogens (primary N) is 1. The second kappa shape index (κ2) is 8.66. The number of nitro groups is 1. The first-order valence-corrected chi connectivity index (χ1v) is 11.6. The van der Waals surface area contributed by atoms with Gasteiger partial charge in [-0.3, -0.25) is 14.9 Å². The molecule has 1 amide bonds. The van der Waals surface area contributed by atoms with Crippen molar-refractivity contribution in [2.45, 2.75) is 56.9 Å². The van der Waals surface area contributed by atoms with E-state index < -0.39 is 11.4 Å². The van der Waals surface area contributed by atoms with Gasteiger partial charge in [0.15, 0.2) is 0 Å². The zero-order valence-electron chi connectivity index (χ0n) is 19.0. The quantitative estimate of drug-likeness (QED) is 0.526. The van der Waals surface area contributed by atoms with Crippen molar-refractivity contribution in [3.63, 3.8) is 0 Å². The fraction of sp³-hybridized carbons (Fsp3) is 0.500. The van der Waals surface area contributed by atoms with E-state index in [4.69, 9.17) is 5.73 Å². The van der Waals surface area contributed by atoms with Crippen LogP contribution in [0.15, 0.2) is 48.5 Å². The zero-order chi connectivity index (χ0) is 22.9. The van der Waals surface area contributed by atoms with Crippen molar-refractivity contribution in [1.29, 1.82) is 0 Å². The summed E-state index contributed by atoms with van der Waals surface area (Å²) in [5.74, 6) is 0.00825. The van der Waals surface area contributed by atoms with E-state index in [9.17, 15) is 14.9 Å². The number of benzene rings is 2. The van der Waals surface area contributed by atoms with Gasteiger partial charge in [0.05, 0.1) is 0 Å². The molecule has 2 aliphatic rings. The summed E-state index contributed by atoms with van der Waals surface area (Å²) in [4.78, 5) is 26.0. The molecule has 1 aliphatic carbocycles. The Bertz CT molecular complexity index is 996. The van der Waals surface area contributed by atoms with E-state index in [0.717, 1.165) is 49.2 Å². The second-order valence-corrected chi connectivity index (χ2v) is 10.0. The van der Waals surface area contributed by atoms with Gasteiger partial charge in [-0.15, -0.1) is 0 Å². The van der Waals surface area contributed by atoms with Gasteiger partial charge in [-0.05, 0) is 66.1 Å². The number of hydrogen-bond acceptors (Lipinski definition) is 4. The minimum absolute atomic E-state index is 0.0168. The number of amides is 1. The van der Waals surface area contributed by atoms with E-state index in [1.165, 1.54) is 0 Å². The molecule has 32 heavy (non-hydrogen) atoms. The number of fused-ring (bicyclic) bond motifs is 1. The largest absolute Gasteiger partial charge is 0.366 e. The van der Waals surface area contributed by atoms with Crippen molar-refractivity contribution in [2.24, 2.45) is 11.7 Å². The van der Waals surface area contributed by atoms with Gasteiger partial charge in [-0.25, -0.2) is 0 Å². The fourth-order valence-corrected chi connectivity index (χ4v) is 5.68. The van der Waals surface area contributed by atoms with Gasteiger partial charge in [-0.1, -0.05) is 50.2 Å². The molecule has 2 N–H and O–H groups in total. The van der Waals surface area contributed by atoms with E-state index in [1.807, 2.05) is 36.4 Å². The van der Waals surface area contributed by atoms with Crippen LogP contribution in [0.4, 0.5) is 0 Å². The molecule has 1 saturated heterocycles. The number of carbonyl (C=O) groups is 1. The Balaban J connectivity index is 1.36. The highest BCUT2D eigenvalue weighted by molar-refractivity contribution is 5.92. The molecule has 1 heterocycles. The van der Waals surface area contributed by atoms with Crippen molar-refractivity contribution < 1.29 is 9.72 Å². The van der Waals surface area contributed by atoms with Crippen LogP contribution in [-0.2, 0) is 18.3 Å². The molecule has 0 spiro atoms. The molecule has 6 heteroatoms. The molecule has 170 valence electrons. The summed E-state index contributed by atoms with van der Waals surface area (Å²) in [5.41, 5.74) is 8.59. The lowest BCUT2D eigenvalue weighted by Gasteiger charge is -2.45. The molecule has 0 aromatic heterocycles. The van der Waals surface area contributed by atoms with E-state index in [-0.39, 0.29) is 10.3 Å². The van der Waals surface area contributed by atoms with Crippen LogP contribution in [0.2, 0.25) is 0 Å². The van der Waals surface area contributed by atoms with Crippen LogP contribution in [0.25, 0.3) is 0 Å². The first kappa shape index (κ1) is 22.5. The molecule has 0 bridgehead atoms. The average Bonchev–Trinajstić information content (AvgIpc) is 3.16. The SMILES string of the molecule is C[C@H]1CN(CCCC2([N+](=O)[O-])Cc3ccccc3C2)CC[C@@]1(C)c1cccc(C(N)=O)c1. The Labute approximate surface area is 190 Å². The summed E-state index contributed by atoms with van der Waals surface area (Å²) in [6.07, 6.45) is 3.51. The van der Waals surface area contributed by atoms with Crippen LogP contribution in [0.3, 0.4) is 0 Å². The monoisotopic (exact) mass is 435 g/mol. The highest BCUT2D eigenvalue weighted by Gasteiger charge is 2.47. The molecule has 0 unspecified atom stereocenters. The molecular weight excluding hydrogens is 402 g/mol. The summed E-state index contributed by atoms with van der Waals surface area (Å²) in [6, 6.07) is 15.7. The van der Waals surface area contributed by atoms with Gasteiger partial charge in [0.1, 0.15) is 0 Å². The van der Waals surface area contributed by atoms with Crippen LogP contribution in [0, 0.1) is 16.0 Å². The zero-order valence-corrected chi connectivity index (χ0v) is 19.0. The number of hydrogen-bond donors (Lipinski definition) is 1. The molecule has 1 fully saturated rings. The third kappa shape index (κ3) is 4.16. The van der Waals surface area contributed by atoms with Crippen LogP contribution in [0.5, 0.6) is 0 Å².